The second kappa shape index (κ2) is 236. The Hall–Kier alpha value is 0.738. The second-order valence-electron chi connectivity index (χ2n) is 0. The van der Waals surface area contributed by atoms with E-state index in [1.807, 2.05) is 0 Å². The minimum atomic E-state index is 0. The zero-order chi connectivity index (χ0) is 0. The summed E-state index contributed by atoms with van der Waals surface area (Å²) in [5, 5.41) is 0. The van der Waals surface area contributed by atoms with E-state index in [2.05, 4.69) is 0 Å². The van der Waals surface area contributed by atoms with Gasteiger partial charge in [-0.15, -0.1) is 0 Å². The van der Waals surface area contributed by atoms with Gasteiger partial charge < -0.3 is 11.0 Å². The second-order valence-corrected chi connectivity index (χ2v) is 0. The van der Waals surface area contributed by atoms with Gasteiger partial charge in [-0.1, -0.05) is 22.3 Å². The van der Waals surface area contributed by atoms with Gasteiger partial charge in [0, 0.05) is 24.4 Å². The standard InChI is InChI=1S/3CH4.2H2O.Sb/h3*1H4;2*1H2;/p-2. The minimum Gasteiger partial charge on any atom is -0.870 e. The van der Waals surface area contributed by atoms with E-state index >= 15 is 0 Å². The van der Waals surface area contributed by atoms with Crippen LogP contribution in [0.15, 0.2) is 0 Å². The smallest absolute Gasteiger partial charge is 0 e. The number of hydrogen-bond donors (Lipinski definition) is 0. The van der Waals surface area contributed by atoms with E-state index in [9.17, 15) is 0 Å². The fraction of sp³-hybridized carbons (Fsp3) is 1.00. The average Bonchev–Trinajstić information content (AvgIpc) is 0. The first-order valence-electron chi connectivity index (χ1n) is 0. The number of rotatable bonds is 0. The largest absolute Gasteiger partial charge is 0.870 e. The quantitative estimate of drug-likeness (QED) is 0.556. The van der Waals surface area contributed by atoms with Gasteiger partial charge in [-0.25, -0.2) is 0 Å². The first-order valence-corrected chi connectivity index (χ1v) is 0. The first-order chi connectivity index (χ1) is 0. The molecule has 3 radical (unpaired) electrons. The van der Waals surface area contributed by atoms with Crippen molar-refractivity contribution in [3.63, 3.8) is 0 Å². The van der Waals surface area contributed by atoms with Gasteiger partial charge in [-0.2, -0.15) is 0 Å². The molecule has 0 bridgehead atoms. The van der Waals surface area contributed by atoms with Crippen LogP contribution >= 0.6 is 0 Å². The fourth-order valence-electron chi connectivity index (χ4n) is 0. The monoisotopic (exact) mass is 203 g/mol. The van der Waals surface area contributed by atoms with E-state index in [1.54, 1.807) is 0 Å². The summed E-state index contributed by atoms with van der Waals surface area (Å²) in [6, 6.07) is 0. The van der Waals surface area contributed by atoms with Crippen molar-refractivity contribution in [3.8, 4) is 0 Å². The zero-order valence-electron chi connectivity index (χ0n) is 1.34. The van der Waals surface area contributed by atoms with Crippen LogP contribution < -0.4 is 0 Å². The molecule has 0 aromatic rings. The third-order valence-corrected chi connectivity index (χ3v) is 0. The van der Waals surface area contributed by atoms with Crippen molar-refractivity contribution in [1.82, 2.24) is 0 Å². The Kier molecular flexibility index (Phi) is 16000. The molecule has 0 saturated carbocycles. The van der Waals surface area contributed by atoms with Gasteiger partial charge in [-0.3, -0.25) is 0 Å². The van der Waals surface area contributed by atoms with Crippen LogP contribution in [0.4, 0.5) is 0 Å². The van der Waals surface area contributed by atoms with Crippen LogP contribution in [0, 0.1) is 0 Å². The molecule has 0 aliphatic rings. The Balaban J connectivity index is 0. The Labute approximate surface area is 58.0 Å². The Morgan fingerprint density at radius 2 is 0.500 bits per heavy atom. The third-order valence-electron chi connectivity index (χ3n) is 0. The van der Waals surface area contributed by atoms with E-state index in [0.29, 0.717) is 0 Å². The molecular formula is C3H14O2Sb-2. The Morgan fingerprint density at radius 1 is 0.500 bits per heavy atom. The molecule has 0 unspecified atom stereocenters. The van der Waals surface area contributed by atoms with Crippen LogP contribution in [0.1, 0.15) is 22.3 Å². The summed E-state index contributed by atoms with van der Waals surface area (Å²) >= 11 is 0. The van der Waals surface area contributed by atoms with E-state index < -0.39 is 0 Å². The third kappa shape index (κ3) is 122. The van der Waals surface area contributed by atoms with Gasteiger partial charge in [0.2, 0.25) is 0 Å². The van der Waals surface area contributed by atoms with Gasteiger partial charge in [-0.05, 0) is 0 Å². The molecule has 0 rings (SSSR count). The summed E-state index contributed by atoms with van der Waals surface area (Å²) in [7, 11) is 0. The van der Waals surface area contributed by atoms with Crippen molar-refractivity contribution < 1.29 is 11.0 Å². The minimum absolute atomic E-state index is 0. The van der Waals surface area contributed by atoms with Crippen molar-refractivity contribution in [2.45, 2.75) is 22.3 Å². The molecule has 2 N–H and O–H groups in total. The summed E-state index contributed by atoms with van der Waals surface area (Å²) in [4.78, 5) is 0. The molecule has 3 heteroatoms. The van der Waals surface area contributed by atoms with E-state index in [4.69, 9.17) is 0 Å². The molecule has 0 aliphatic heterocycles. The van der Waals surface area contributed by atoms with Crippen molar-refractivity contribution in [1.29, 1.82) is 0 Å². The predicted molar refractivity (Wildman–Crippen MR) is 29.8 cm³/mol. The molecular weight excluding hydrogens is 190 g/mol. The Morgan fingerprint density at radius 3 is 0.500 bits per heavy atom. The Bertz CT molecular complexity index is 8.75. The molecule has 0 heterocycles. The zero-order valence-corrected chi connectivity index (χ0v) is 3.89. The fourth-order valence-corrected chi connectivity index (χ4v) is 0. The molecule has 45 valence electrons. The molecule has 0 aliphatic carbocycles. The van der Waals surface area contributed by atoms with Crippen LogP contribution in [-0.4, -0.2) is 35.4 Å². The van der Waals surface area contributed by atoms with Crippen LogP contribution in [0.3, 0.4) is 0 Å². The van der Waals surface area contributed by atoms with Crippen molar-refractivity contribution in [2.75, 3.05) is 0 Å². The molecule has 0 aromatic heterocycles. The molecule has 0 atom stereocenters. The van der Waals surface area contributed by atoms with Gasteiger partial charge >= 0.3 is 0 Å². The van der Waals surface area contributed by atoms with Gasteiger partial charge in [0.05, 0.1) is 0 Å². The molecule has 0 amide bonds. The van der Waals surface area contributed by atoms with Crippen LogP contribution in [-0.2, 0) is 0 Å². The number of hydrogen-bond acceptors (Lipinski definition) is 2. The van der Waals surface area contributed by atoms with Crippen LogP contribution in [0.5, 0.6) is 0 Å². The van der Waals surface area contributed by atoms with Crippen molar-refractivity contribution >= 4 is 24.4 Å². The van der Waals surface area contributed by atoms with E-state index in [-0.39, 0.29) is 57.7 Å². The average molecular weight is 204 g/mol. The summed E-state index contributed by atoms with van der Waals surface area (Å²) in [5.41, 5.74) is 0. The summed E-state index contributed by atoms with van der Waals surface area (Å²) < 4.78 is 0. The molecule has 2 nitrogen and oxygen atoms in total. The normalized spacial score (nSPS) is 0. The predicted octanol–water partition coefficient (Wildman–Crippen LogP) is 1.17. The van der Waals surface area contributed by atoms with Crippen molar-refractivity contribution in [2.24, 2.45) is 0 Å². The summed E-state index contributed by atoms with van der Waals surface area (Å²) in [6.45, 7) is 0. The van der Waals surface area contributed by atoms with Gasteiger partial charge in [0.25, 0.3) is 0 Å². The van der Waals surface area contributed by atoms with E-state index in [1.165, 1.54) is 0 Å². The molecule has 0 saturated heterocycles. The first kappa shape index (κ1) is 407. The summed E-state index contributed by atoms with van der Waals surface area (Å²) in [6.07, 6.45) is 0. The molecule has 0 spiro atoms. The SMILES string of the molecule is C.C.C.[OH-].[OH-].[Sb]. The molecule has 6 heavy (non-hydrogen) atoms. The topological polar surface area (TPSA) is 60.0 Å². The van der Waals surface area contributed by atoms with Gasteiger partial charge in [0.15, 0.2) is 0 Å². The maximum atomic E-state index is 0. The summed E-state index contributed by atoms with van der Waals surface area (Å²) in [5.74, 6) is 0. The maximum Gasteiger partial charge on any atom is 0 e. The maximum absolute atomic E-state index is 0. The van der Waals surface area contributed by atoms with Crippen molar-refractivity contribution in [3.05, 3.63) is 0 Å². The van der Waals surface area contributed by atoms with Crippen LogP contribution in [0.2, 0.25) is 0 Å². The van der Waals surface area contributed by atoms with Crippen LogP contribution in [0.25, 0.3) is 0 Å². The van der Waals surface area contributed by atoms with E-state index in [0.717, 1.165) is 0 Å². The molecule has 0 fully saturated rings. The molecule has 0 aromatic carbocycles. The van der Waals surface area contributed by atoms with Gasteiger partial charge in [0.1, 0.15) is 0 Å².